The first-order valence-corrected chi connectivity index (χ1v) is 7.58. The largest absolute Gasteiger partial charge is 0.349 e. The van der Waals surface area contributed by atoms with Crippen LogP contribution in [-0.2, 0) is 4.79 Å². The second-order valence-electron chi connectivity index (χ2n) is 5.96. The number of carbonyl (C=O) groups is 2. The highest BCUT2D eigenvalue weighted by Gasteiger charge is 2.29. The number of anilines is 1. The van der Waals surface area contributed by atoms with Crippen molar-refractivity contribution in [3.63, 3.8) is 0 Å². The fraction of sp³-hybridized carbons (Fsp3) is 0.500. The first-order chi connectivity index (χ1) is 10.1. The molecule has 0 spiro atoms. The highest BCUT2D eigenvalue weighted by atomic mass is 16.2. The number of nitrogens with one attached hydrogen (secondary N) is 3. The minimum absolute atomic E-state index is 0.00560. The molecule has 1 heterocycles. The molecule has 1 aliphatic carbocycles. The first-order valence-electron chi connectivity index (χ1n) is 7.58. The van der Waals surface area contributed by atoms with E-state index in [1.165, 1.54) is 0 Å². The lowest BCUT2D eigenvalue weighted by molar-refractivity contribution is -0.120. The van der Waals surface area contributed by atoms with E-state index in [0.717, 1.165) is 25.8 Å². The van der Waals surface area contributed by atoms with Crippen molar-refractivity contribution in [2.24, 2.45) is 5.92 Å². The molecule has 5 nitrogen and oxygen atoms in total. The normalized spacial score (nSPS) is 24.6. The summed E-state index contributed by atoms with van der Waals surface area (Å²) < 4.78 is 0. The number of hydrogen-bond donors (Lipinski definition) is 3. The van der Waals surface area contributed by atoms with E-state index in [9.17, 15) is 9.59 Å². The number of amides is 2. The maximum Gasteiger partial charge on any atom is 0.251 e. The smallest absolute Gasteiger partial charge is 0.251 e. The molecular formula is C16H21N3O2. The monoisotopic (exact) mass is 287 g/mol. The van der Waals surface area contributed by atoms with E-state index in [4.69, 9.17) is 0 Å². The van der Waals surface area contributed by atoms with Crippen LogP contribution in [0, 0.1) is 5.92 Å². The lowest BCUT2D eigenvalue weighted by Gasteiger charge is -2.15. The zero-order valence-corrected chi connectivity index (χ0v) is 12.2. The molecule has 3 rings (SSSR count). The Kier molecular flexibility index (Phi) is 3.92. The van der Waals surface area contributed by atoms with Gasteiger partial charge >= 0.3 is 0 Å². The molecular weight excluding hydrogens is 266 g/mol. The van der Waals surface area contributed by atoms with Crippen LogP contribution in [0.4, 0.5) is 5.69 Å². The van der Waals surface area contributed by atoms with Gasteiger partial charge in [-0.2, -0.15) is 0 Å². The summed E-state index contributed by atoms with van der Waals surface area (Å²) in [6, 6.07) is 7.66. The van der Waals surface area contributed by atoms with Gasteiger partial charge in [-0.05, 0) is 50.9 Å². The summed E-state index contributed by atoms with van der Waals surface area (Å²) >= 11 is 0. The van der Waals surface area contributed by atoms with E-state index >= 15 is 0 Å². The van der Waals surface area contributed by atoms with E-state index in [1.54, 1.807) is 18.2 Å². The molecule has 2 aliphatic rings. The number of hydrogen-bond acceptors (Lipinski definition) is 3. The molecule has 2 atom stereocenters. The van der Waals surface area contributed by atoms with Gasteiger partial charge in [0.2, 0.25) is 5.91 Å². The average molecular weight is 287 g/mol. The third-order valence-electron chi connectivity index (χ3n) is 4.17. The number of benzene rings is 1. The highest BCUT2D eigenvalue weighted by molar-refractivity contribution is 5.98. The summed E-state index contributed by atoms with van der Waals surface area (Å²) in [5.74, 6) is -0.0503. The van der Waals surface area contributed by atoms with Crippen molar-refractivity contribution in [1.29, 1.82) is 0 Å². The third-order valence-corrected chi connectivity index (χ3v) is 4.17. The molecule has 21 heavy (non-hydrogen) atoms. The average Bonchev–Trinajstić information content (AvgIpc) is 3.17. The second kappa shape index (κ2) is 5.85. The maximum absolute atomic E-state index is 12.2. The first kappa shape index (κ1) is 14.1. The van der Waals surface area contributed by atoms with Gasteiger partial charge in [0.25, 0.3) is 5.91 Å². The van der Waals surface area contributed by atoms with Crippen molar-refractivity contribution in [2.75, 3.05) is 11.9 Å². The van der Waals surface area contributed by atoms with Gasteiger partial charge in [0.15, 0.2) is 0 Å². The van der Waals surface area contributed by atoms with E-state index in [-0.39, 0.29) is 23.8 Å². The molecule has 1 saturated heterocycles. The molecule has 1 aliphatic heterocycles. The van der Waals surface area contributed by atoms with Crippen molar-refractivity contribution in [3.05, 3.63) is 29.8 Å². The van der Waals surface area contributed by atoms with Crippen LogP contribution >= 0.6 is 0 Å². The molecule has 112 valence electrons. The Bertz CT molecular complexity index is 554. The molecule has 5 heteroatoms. The van der Waals surface area contributed by atoms with Gasteiger partial charge in [0.1, 0.15) is 0 Å². The lowest BCUT2D eigenvalue weighted by Crippen LogP contribution is -2.32. The van der Waals surface area contributed by atoms with Crippen molar-refractivity contribution >= 4 is 17.5 Å². The van der Waals surface area contributed by atoms with Crippen molar-refractivity contribution in [3.8, 4) is 0 Å². The van der Waals surface area contributed by atoms with Gasteiger partial charge < -0.3 is 16.0 Å². The number of carbonyl (C=O) groups excluding carboxylic acids is 2. The van der Waals surface area contributed by atoms with Gasteiger partial charge in [-0.1, -0.05) is 6.07 Å². The maximum atomic E-state index is 12.2. The van der Waals surface area contributed by atoms with Crippen LogP contribution in [0.1, 0.15) is 36.5 Å². The molecule has 1 saturated carbocycles. The zero-order valence-electron chi connectivity index (χ0n) is 12.2. The SMILES string of the molecule is CC1NCCC1C(=O)Nc1cccc(C(=O)NC2CC2)c1. The van der Waals surface area contributed by atoms with Crippen LogP contribution in [-0.4, -0.2) is 30.4 Å². The molecule has 1 aromatic carbocycles. The quantitative estimate of drug-likeness (QED) is 0.786. The fourth-order valence-electron chi connectivity index (χ4n) is 2.69. The topological polar surface area (TPSA) is 70.2 Å². The standard InChI is InChI=1S/C16H21N3O2/c1-10-14(7-8-17-10)16(21)19-13-4-2-3-11(9-13)15(20)18-12-5-6-12/h2-4,9-10,12,14,17H,5-8H2,1H3,(H,18,20)(H,19,21). The predicted octanol–water partition coefficient (Wildman–Crippen LogP) is 1.52. The molecule has 3 N–H and O–H groups in total. The van der Waals surface area contributed by atoms with Gasteiger partial charge in [-0.25, -0.2) is 0 Å². The molecule has 2 unspecified atom stereocenters. The van der Waals surface area contributed by atoms with Crippen molar-refractivity contribution in [2.45, 2.75) is 38.3 Å². The van der Waals surface area contributed by atoms with Crippen LogP contribution in [0.25, 0.3) is 0 Å². The van der Waals surface area contributed by atoms with Crippen molar-refractivity contribution < 1.29 is 9.59 Å². The van der Waals surface area contributed by atoms with Crippen LogP contribution in [0.5, 0.6) is 0 Å². The molecule has 1 aromatic rings. The van der Waals surface area contributed by atoms with Gasteiger partial charge in [-0.15, -0.1) is 0 Å². The summed E-state index contributed by atoms with van der Waals surface area (Å²) in [4.78, 5) is 24.2. The summed E-state index contributed by atoms with van der Waals surface area (Å²) in [5, 5.41) is 9.14. The van der Waals surface area contributed by atoms with E-state index in [0.29, 0.717) is 17.3 Å². The fourth-order valence-corrected chi connectivity index (χ4v) is 2.69. The zero-order chi connectivity index (χ0) is 14.8. The third kappa shape index (κ3) is 3.42. The summed E-state index contributed by atoms with van der Waals surface area (Å²) in [6.45, 7) is 2.90. The van der Waals surface area contributed by atoms with Crippen LogP contribution in [0.2, 0.25) is 0 Å². The van der Waals surface area contributed by atoms with Crippen LogP contribution in [0.15, 0.2) is 24.3 Å². The lowest BCUT2D eigenvalue weighted by atomic mass is 10.0. The summed E-state index contributed by atoms with van der Waals surface area (Å²) in [7, 11) is 0. The van der Waals surface area contributed by atoms with E-state index < -0.39 is 0 Å². The molecule has 0 aromatic heterocycles. The Hall–Kier alpha value is -1.88. The van der Waals surface area contributed by atoms with Gasteiger partial charge in [0.05, 0.1) is 5.92 Å². The summed E-state index contributed by atoms with van der Waals surface area (Å²) in [5.41, 5.74) is 1.28. The number of rotatable bonds is 4. The van der Waals surface area contributed by atoms with Crippen molar-refractivity contribution in [1.82, 2.24) is 10.6 Å². The minimum atomic E-state index is -0.0653. The Labute approximate surface area is 124 Å². The Morgan fingerprint density at radius 1 is 1.24 bits per heavy atom. The van der Waals surface area contributed by atoms with E-state index in [1.807, 2.05) is 13.0 Å². The molecule has 2 fully saturated rings. The Morgan fingerprint density at radius 2 is 2.05 bits per heavy atom. The minimum Gasteiger partial charge on any atom is -0.349 e. The van der Waals surface area contributed by atoms with Crippen LogP contribution in [0.3, 0.4) is 0 Å². The Balaban J connectivity index is 1.65. The second-order valence-corrected chi connectivity index (χ2v) is 5.96. The molecule has 0 radical (unpaired) electrons. The van der Waals surface area contributed by atoms with Crippen LogP contribution < -0.4 is 16.0 Å². The molecule has 0 bridgehead atoms. The predicted molar refractivity (Wildman–Crippen MR) is 81.1 cm³/mol. The highest BCUT2D eigenvalue weighted by Crippen LogP contribution is 2.21. The summed E-state index contributed by atoms with van der Waals surface area (Å²) in [6.07, 6.45) is 2.98. The van der Waals surface area contributed by atoms with Gasteiger partial charge in [0, 0.05) is 23.3 Å². The van der Waals surface area contributed by atoms with Gasteiger partial charge in [-0.3, -0.25) is 9.59 Å². The Morgan fingerprint density at radius 3 is 2.71 bits per heavy atom. The molecule has 2 amide bonds. The van der Waals surface area contributed by atoms with E-state index in [2.05, 4.69) is 16.0 Å².